The first-order valence-electron chi connectivity index (χ1n) is 7.62. The maximum Gasteiger partial charge on any atom is 0.263 e. The zero-order chi connectivity index (χ0) is 17.9. The topological polar surface area (TPSA) is 49.4 Å². The first-order chi connectivity index (χ1) is 11.3. The van der Waals surface area contributed by atoms with Crippen LogP contribution in [0.1, 0.15) is 19.4 Å². The summed E-state index contributed by atoms with van der Waals surface area (Å²) >= 11 is 12.0. The lowest BCUT2D eigenvalue weighted by Gasteiger charge is -2.21. The molecule has 0 bridgehead atoms. The Hall–Kier alpha value is -1.43. The number of halogens is 2. The number of sulfonamides is 1. The van der Waals surface area contributed by atoms with Crippen LogP contribution in [0.5, 0.6) is 0 Å². The summed E-state index contributed by atoms with van der Waals surface area (Å²) < 4.78 is 27.7. The Morgan fingerprint density at radius 3 is 2.12 bits per heavy atom. The SMILES string of the molecule is CCN(CC)c1ccc(NS(=O)(=O)c2cc(C)c(Cl)cc2Cl)cc1. The number of anilines is 2. The van der Waals surface area contributed by atoms with Crippen molar-refractivity contribution in [1.29, 1.82) is 0 Å². The number of hydrogen-bond donors (Lipinski definition) is 1. The molecule has 0 fully saturated rings. The van der Waals surface area contributed by atoms with Crippen molar-refractivity contribution in [3.05, 3.63) is 52.0 Å². The summed E-state index contributed by atoms with van der Waals surface area (Å²) in [7, 11) is -3.78. The number of hydrogen-bond acceptors (Lipinski definition) is 3. The van der Waals surface area contributed by atoms with Crippen molar-refractivity contribution in [2.75, 3.05) is 22.7 Å². The Bertz CT molecular complexity index is 817. The van der Waals surface area contributed by atoms with Crippen molar-refractivity contribution in [2.24, 2.45) is 0 Å². The van der Waals surface area contributed by atoms with Crippen LogP contribution in [0.3, 0.4) is 0 Å². The van der Waals surface area contributed by atoms with E-state index < -0.39 is 10.0 Å². The summed E-state index contributed by atoms with van der Waals surface area (Å²) in [6, 6.07) is 10.2. The van der Waals surface area contributed by atoms with Gasteiger partial charge in [0.25, 0.3) is 10.0 Å². The molecular formula is C17H20Cl2N2O2S. The third kappa shape index (κ3) is 4.15. The highest BCUT2D eigenvalue weighted by Crippen LogP contribution is 2.29. The molecule has 24 heavy (non-hydrogen) atoms. The predicted octanol–water partition coefficient (Wildman–Crippen LogP) is 4.95. The lowest BCUT2D eigenvalue weighted by Crippen LogP contribution is -2.21. The molecule has 130 valence electrons. The molecule has 1 N–H and O–H groups in total. The average molecular weight is 387 g/mol. The van der Waals surface area contributed by atoms with Crippen LogP contribution in [-0.4, -0.2) is 21.5 Å². The highest BCUT2D eigenvalue weighted by Gasteiger charge is 2.19. The smallest absolute Gasteiger partial charge is 0.263 e. The Labute approximate surface area is 153 Å². The van der Waals surface area contributed by atoms with Gasteiger partial charge in [-0.25, -0.2) is 8.42 Å². The molecule has 4 nitrogen and oxygen atoms in total. The molecule has 0 atom stereocenters. The van der Waals surface area contributed by atoms with Crippen LogP contribution in [0.25, 0.3) is 0 Å². The Morgan fingerprint density at radius 2 is 1.58 bits per heavy atom. The van der Waals surface area contributed by atoms with Gasteiger partial charge in [0.1, 0.15) is 4.90 Å². The van der Waals surface area contributed by atoms with Gasteiger partial charge in [-0.2, -0.15) is 0 Å². The van der Waals surface area contributed by atoms with E-state index in [1.54, 1.807) is 19.1 Å². The van der Waals surface area contributed by atoms with Crippen molar-refractivity contribution in [1.82, 2.24) is 0 Å². The molecule has 0 aliphatic heterocycles. The van der Waals surface area contributed by atoms with E-state index in [2.05, 4.69) is 23.5 Å². The summed E-state index contributed by atoms with van der Waals surface area (Å²) in [5.41, 5.74) is 2.18. The maximum absolute atomic E-state index is 12.6. The monoisotopic (exact) mass is 386 g/mol. The second-order valence-corrected chi connectivity index (χ2v) is 7.82. The van der Waals surface area contributed by atoms with Gasteiger partial charge in [-0.1, -0.05) is 23.2 Å². The minimum absolute atomic E-state index is 0.0129. The Morgan fingerprint density at radius 1 is 1.00 bits per heavy atom. The Balaban J connectivity index is 2.28. The quantitative estimate of drug-likeness (QED) is 0.763. The fourth-order valence-electron chi connectivity index (χ4n) is 2.38. The van der Waals surface area contributed by atoms with Crippen LogP contribution in [0.2, 0.25) is 10.0 Å². The number of benzene rings is 2. The number of aryl methyl sites for hydroxylation is 1. The van der Waals surface area contributed by atoms with Gasteiger partial charge < -0.3 is 4.90 Å². The van der Waals surface area contributed by atoms with Gasteiger partial charge in [-0.05, 0) is 62.7 Å². The molecule has 0 radical (unpaired) electrons. The van der Waals surface area contributed by atoms with Crippen molar-refractivity contribution in [2.45, 2.75) is 25.7 Å². The van der Waals surface area contributed by atoms with E-state index in [1.165, 1.54) is 12.1 Å². The molecule has 2 aromatic carbocycles. The van der Waals surface area contributed by atoms with E-state index in [4.69, 9.17) is 23.2 Å². The first-order valence-corrected chi connectivity index (χ1v) is 9.85. The molecule has 0 unspecified atom stereocenters. The highest BCUT2D eigenvalue weighted by molar-refractivity contribution is 7.92. The number of rotatable bonds is 6. The summed E-state index contributed by atoms with van der Waals surface area (Å²) in [5, 5.41) is 0.528. The van der Waals surface area contributed by atoms with E-state index in [0.717, 1.165) is 18.8 Å². The third-order valence-electron chi connectivity index (χ3n) is 3.75. The largest absolute Gasteiger partial charge is 0.372 e. The van der Waals surface area contributed by atoms with Crippen molar-refractivity contribution in [3.63, 3.8) is 0 Å². The molecule has 2 rings (SSSR count). The van der Waals surface area contributed by atoms with Crippen LogP contribution < -0.4 is 9.62 Å². The van der Waals surface area contributed by atoms with Gasteiger partial charge >= 0.3 is 0 Å². The third-order valence-corrected chi connectivity index (χ3v) is 6.00. The molecule has 0 aromatic heterocycles. The summed E-state index contributed by atoms with van der Waals surface area (Å²) in [6.45, 7) is 7.66. The van der Waals surface area contributed by atoms with E-state index in [9.17, 15) is 8.42 Å². The van der Waals surface area contributed by atoms with Crippen molar-refractivity contribution < 1.29 is 8.42 Å². The second-order valence-electron chi connectivity index (χ2n) is 5.36. The van der Waals surface area contributed by atoms with Crippen LogP contribution in [-0.2, 0) is 10.0 Å². The van der Waals surface area contributed by atoms with E-state index in [0.29, 0.717) is 16.3 Å². The molecule has 0 spiro atoms. The lowest BCUT2D eigenvalue weighted by atomic mass is 10.2. The molecule has 0 saturated heterocycles. The average Bonchev–Trinajstić information content (AvgIpc) is 2.53. The molecule has 7 heteroatoms. The summed E-state index contributed by atoms with van der Waals surface area (Å²) in [6.07, 6.45) is 0. The molecule has 0 saturated carbocycles. The standard InChI is InChI=1S/C17H20Cl2N2O2S/c1-4-21(5-2)14-8-6-13(7-9-14)20-24(22,23)17-10-12(3)15(18)11-16(17)19/h6-11,20H,4-5H2,1-3H3. The number of nitrogens with zero attached hydrogens (tertiary/aromatic N) is 1. The molecule has 0 aliphatic rings. The zero-order valence-electron chi connectivity index (χ0n) is 13.8. The van der Waals surface area contributed by atoms with Crippen LogP contribution >= 0.6 is 23.2 Å². The van der Waals surface area contributed by atoms with Crippen molar-refractivity contribution in [3.8, 4) is 0 Å². The second kappa shape index (κ2) is 7.64. The normalized spacial score (nSPS) is 11.4. The number of nitrogens with one attached hydrogen (secondary N) is 1. The lowest BCUT2D eigenvalue weighted by molar-refractivity contribution is 0.601. The van der Waals surface area contributed by atoms with Gasteiger partial charge in [0.2, 0.25) is 0 Å². The highest BCUT2D eigenvalue weighted by atomic mass is 35.5. The first kappa shape index (κ1) is 18.9. The minimum Gasteiger partial charge on any atom is -0.372 e. The van der Waals surface area contributed by atoms with E-state index in [1.807, 2.05) is 12.1 Å². The maximum atomic E-state index is 12.6. The predicted molar refractivity (Wildman–Crippen MR) is 102 cm³/mol. The summed E-state index contributed by atoms with van der Waals surface area (Å²) in [4.78, 5) is 2.19. The minimum atomic E-state index is -3.78. The Kier molecular flexibility index (Phi) is 6.01. The van der Waals surface area contributed by atoms with E-state index in [-0.39, 0.29) is 9.92 Å². The van der Waals surface area contributed by atoms with Crippen molar-refractivity contribution >= 4 is 44.6 Å². The molecule has 0 amide bonds. The fraction of sp³-hybridized carbons (Fsp3) is 0.294. The van der Waals surface area contributed by atoms with Gasteiger partial charge in [0.05, 0.1) is 5.02 Å². The van der Waals surface area contributed by atoms with Gasteiger partial charge in [-0.15, -0.1) is 0 Å². The molecule has 2 aromatic rings. The zero-order valence-corrected chi connectivity index (χ0v) is 16.1. The molecule has 0 heterocycles. The van der Waals surface area contributed by atoms with Gasteiger partial charge in [0.15, 0.2) is 0 Å². The molecular weight excluding hydrogens is 367 g/mol. The fourth-order valence-corrected chi connectivity index (χ4v) is 4.27. The van der Waals surface area contributed by atoms with Gasteiger partial charge in [0, 0.05) is 29.5 Å². The van der Waals surface area contributed by atoms with E-state index >= 15 is 0 Å². The van der Waals surface area contributed by atoms with Gasteiger partial charge in [-0.3, -0.25) is 4.72 Å². The van der Waals surface area contributed by atoms with Crippen LogP contribution in [0, 0.1) is 6.92 Å². The summed E-state index contributed by atoms with van der Waals surface area (Å²) in [5.74, 6) is 0. The van der Waals surface area contributed by atoms with Crippen LogP contribution in [0.4, 0.5) is 11.4 Å². The molecule has 0 aliphatic carbocycles. The van der Waals surface area contributed by atoms with Crippen LogP contribution in [0.15, 0.2) is 41.3 Å².